The maximum absolute atomic E-state index is 13.5. The van der Waals surface area contributed by atoms with Gasteiger partial charge in [0.25, 0.3) is 0 Å². The van der Waals surface area contributed by atoms with Gasteiger partial charge in [-0.15, -0.1) is 0 Å². The average molecular weight is 262 g/mol. The molecule has 0 radical (unpaired) electrons. The molecule has 4 N–H and O–H groups in total. The van der Waals surface area contributed by atoms with Crippen molar-refractivity contribution in [1.29, 1.82) is 0 Å². The van der Waals surface area contributed by atoms with E-state index in [0.717, 1.165) is 6.07 Å². The molecule has 1 aromatic heterocycles. The number of aromatic nitrogens is 2. The number of hydrogen-bond donors (Lipinski definition) is 2. The molecule has 1 aromatic carbocycles. The van der Waals surface area contributed by atoms with E-state index in [0.29, 0.717) is 5.56 Å². The summed E-state index contributed by atoms with van der Waals surface area (Å²) in [6, 6.07) is 3.87. The van der Waals surface area contributed by atoms with Crippen LogP contribution in [0.25, 0.3) is 11.4 Å². The van der Waals surface area contributed by atoms with Crippen molar-refractivity contribution in [2.45, 2.75) is 0 Å². The molecule has 0 amide bonds. The lowest BCUT2D eigenvalue weighted by molar-refractivity contribution is 0.0595. The molecule has 2 rings (SSSR count). The van der Waals surface area contributed by atoms with Gasteiger partial charge in [-0.05, 0) is 18.2 Å². The summed E-state index contributed by atoms with van der Waals surface area (Å²) >= 11 is 0. The number of nitrogen functional groups attached to an aromatic ring is 2. The predicted molar refractivity (Wildman–Crippen MR) is 67.6 cm³/mol. The van der Waals surface area contributed by atoms with Crippen molar-refractivity contribution in [2.24, 2.45) is 0 Å². The molecular weight excluding hydrogens is 251 g/mol. The van der Waals surface area contributed by atoms with Crippen molar-refractivity contribution < 1.29 is 13.9 Å². The highest BCUT2D eigenvalue weighted by atomic mass is 19.1. The Kier molecular flexibility index (Phi) is 3.28. The number of hydrogen-bond acceptors (Lipinski definition) is 6. The minimum atomic E-state index is -0.775. The van der Waals surface area contributed by atoms with Gasteiger partial charge in [0.05, 0.1) is 24.6 Å². The molecular formula is C12H11FN4O2. The highest BCUT2D eigenvalue weighted by Gasteiger charge is 2.14. The molecule has 0 aliphatic rings. The van der Waals surface area contributed by atoms with E-state index in [-0.39, 0.29) is 22.9 Å². The number of halogens is 1. The second-order valence-corrected chi connectivity index (χ2v) is 3.72. The molecule has 19 heavy (non-hydrogen) atoms. The van der Waals surface area contributed by atoms with Gasteiger partial charge in [0.15, 0.2) is 11.6 Å². The van der Waals surface area contributed by atoms with Crippen LogP contribution in [0.3, 0.4) is 0 Å². The summed E-state index contributed by atoms with van der Waals surface area (Å²) in [5.41, 5.74) is 11.6. The second kappa shape index (κ2) is 4.89. The summed E-state index contributed by atoms with van der Waals surface area (Å²) in [5.74, 6) is -1.09. The number of nitrogens with two attached hydrogens (primary N) is 2. The van der Waals surface area contributed by atoms with E-state index in [2.05, 4.69) is 14.7 Å². The molecule has 0 saturated heterocycles. The first-order valence-electron chi connectivity index (χ1n) is 5.29. The van der Waals surface area contributed by atoms with Crippen LogP contribution in [-0.4, -0.2) is 23.0 Å². The molecule has 0 aliphatic heterocycles. The molecule has 0 fully saturated rings. The lowest BCUT2D eigenvalue weighted by Crippen LogP contribution is -2.05. The van der Waals surface area contributed by atoms with Gasteiger partial charge < -0.3 is 16.2 Å². The number of esters is 1. The first kappa shape index (κ1) is 12.7. The van der Waals surface area contributed by atoms with Crippen molar-refractivity contribution in [2.75, 3.05) is 18.6 Å². The zero-order chi connectivity index (χ0) is 14.0. The molecule has 0 unspecified atom stereocenters. The Balaban J connectivity index is 2.51. The standard InChI is InChI=1S/C12H11FN4O2/c1-19-12(18)7-4-6(2-3-8(7)13)11-16-5-9(14)10(15)17-11/h2-5H,14H2,1H3,(H2,15,16,17). The van der Waals surface area contributed by atoms with Crippen LogP contribution in [0.4, 0.5) is 15.9 Å². The third-order valence-electron chi connectivity index (χ3n) is 2.48. The molecule has 7 heteroatoms. The first-order chi connectivity index (χ1) is 9.02. The van der Waals surface area contributed by atoms with Crippen molar-refractivity contribution >= 4 is 17.5 Å². The van der Waals surface area contributed by atoms with Gasteiger partial charge in [-0.25, -0.2) is 19.2 Å². The zero-order valence-corrected chi connectivity index (χ0v) is 10.1. The number of benzene rings is 1. The van der Waals surface area contributed by atoms with E-state index in [9.17, 15) is 9.18 Å². The number of carbonyl (C=O) groups is 1. The molecule has 0 spiro atoms. The fraction of sp³-hybridized carbons (Fsp3) is 0.0833. The molecule has 1 heterocycles. The third-order valence-corrected chi connectivity index (χ3v) is 2.48. The van der Waals surface area contributed by atoms with Crippen molar-refractivity contribution in [1.82, 2.24) is 9.97 Å². The van der Waals surface area contributed by atoms with Gasteiger partial charge in [-0.2, -0.15) is 0 Å². The van der Waals surface area contributed by atoms with Crippen LogP contribution in [0, 0.1) is 5.82 Å². The Morgan fingerprint density at radius 3 is 2.74 bits per heavy atom. The Morgan fingerprint density at radius 1 is 1.37 bits per heavy atom. The Labute approximate surface area is 108 Å². The number of methoxy groups -OCH3 is 1. The number of ether oxygens (including phenoxy) is 1. The van der Waals surface area contributed by atoms with Crippen molar-refractivity contribution in [3.8, 4) is 11.4 Å². The summed E-state index contributed by atoms with van der Waals surface area (Å²) in [4.78, 5) is 19.3. The highest BCUT2D eigenvalue weighted by molar-refractivity contribution is 5.91. The van der Waals surface area contributed by atoms with Gasteiger partial charge in [0, 0.05) is 5.56 Å². The summed E-state index contributed by atoms with van der Waals surface area (Å²) in [5, 5.41) is 0. The lowest BCUT2D eigenvalue weighted by atomic mass is 10.1. The van der Waals surface area contributed by atoms with Crippen LogP contribution < -0.4 is 11.5 Å². The van der Waals surface area contributed by atoms with E-state index in [1.807, 2.05) is 0 Å². The summed E-state index contributed by atoms with van der Waals surface area (Å²) in [6.45, 7) is 0. The van der Waals surface area contributed by atoms with E-state index in [1.54, 1.807) is 0 Å². The largest absolute Gasteiger partial charge is 0.465 e. The quantitative estimate of drug-likeness (QED) is 0.789. The zero-order valence-electron chi connectivity index (χ0n) is 10.1. The summed E-state index contributed by atoms with van der Waals surface area (Å²) < 4.78 is 18.0. The lowest BCUT2D eigenvalue weighted by Gasteiger charge is -2.06. The van der Waals surface area contributed by atoms with E-state index < -0.39 is 11.8 Å². The summed E-state index contributed by atoms with van der Waals surface area (Å²) in [6.07, 6.45) is 1.35. The molecule has 6 nitrogen and oxygen atoms in total. The van der Waals surface area contributed by atoms with Crippen LogP contribution in [0.2, 0.25) is 0 Å². The molecule has 98 valence electrons. The van der Waals surface area contributed by atoms with Gasteiger partial charge >= 0.3 is 5.97 Å². The molecule has 0 atom stereocenters. The number of carbonyl (C=O) groups excluding carboxylic acids is 1. The van der Waals surface area contributed by atoms with Crippen molar-refractivity contribution in [3.05, 3.63) is 35.8 Å². The van der Waals surface area contributed by atoms with E-state index in [1.165, 1.54) is 25.4 Å². The smallest absolute Gasteiger partial charge is 0.340 e. The minimum Gasteiger partial charge on any atom is -0.465 e. The number of nitrogens with zero attached hydrogens (tertiary/aromatic N) is 2. The monoisotopic (exact) mass is 262 g/mol. The van der Waals surface area contributed by atoms with Gasteiger partial charge in [-0.1, -0.05) is 0 Å². The van der Waals surface area contributed by atoms with Crippen LogP contribution in [-0.2, 0) is 4.74 Å². The van der Waals surface area contributed by atoms with Crippen LogP contribution in [0.5, 0.6) is 0 Å². The highest BCUT2D eigenvalue weighted by Crippen LogP contribution is 2.21. The second-order valence-electron chi connectivity index (χ2n) is 3.72. The van der Waals surface area contributed by atoms with Crippen LogP contribution in [0.1, 0.15) is 10.4 Å². The van der Waals surface area contributed by atoms with Gasteiger partial charge in [-0.3, -0.25) is 0 Å². The topological polar surface area (TPSA) is 104 Å². The summed E-state index contributed by atoms with van der Waals surface area (Å²) in [7, 11) is 1.17. The van der Waals surface area contributed by atoms with Gasteiger partial charge in [0.2, 0.25) is 0 Å². The van der Waals surface area contributed by atoms with Crippen LogP contribution >= 0.6 is 0 Å². The maximum Gasteiger partial charge on any atom is 0.340 e. The average Bonchev–Trinajstić information content (AvgIpc) is 2.41. The van der Waals surface area contributed by atoms with Crippen molar-refractivity contribution in [3.63, 3.8) is 0 Å². The molecule has 0 aliphatic carbocycles. The third kappa shape index (κ3) is 2.44. The van der Waals surface area contributed by atoms with Crippen LogP contribution in [0.15, 0.2) is 24.4 Å². The van der Waals surface area contributed by atoms with E-state index in [4.69, 9.17) is 11.5 Å². The number of rotatable bonds is 2. The Morgan fingerprint density at radius 2 is 2.11 bits per heavy atom. The molecule has 2 aromatic rings. The normalized spacial score (nSPS) is 10.2. The minimum absolute atomic E-state index is 0.119. The number of anilines is 2. The first-order valence-corrected chi connectivity index (χ1v) is 5.29. The van der Waals surface area contributed by atoms with E-state index >= 15 is 0 Å². The SMILES string of the molecule is COC(=O)c1cc(-c2ncc(N)c(N)n2)ccc1F. The van der Waals surface area contributed by atoms with Gasteiger partial charge in [0.1, 0.15) is 5.82 Å². The molecule has 0 saturated carbocycles. The Bertz CT molecular complexity index is 646. The fourth-order valence-electron chi connectivity index (χ4n) is 1.47. The molecule has 0 bridgehead atoms. The fourth-order valence-corrected chi connectivity index (χ4v) is 1.47. The maximum atomic E-state index is 13.5. The predicted octanol–water partition coefficient (Wildman–Crippen LogP) is 1.23. The Hall–Kier alpha value is -2.70.